The standard InChI is InChI=1S/C13H17NO4S/c1-17-7-8-18-10-13(16)14-9-12-5-4-11(19-12)3-2-6-15/h4-5,15H,6-10H2,1H3,(H,14,16). The molecule has 1 amide bonds. The molecule has 104 valence electrons. The van der Waals surface area contributed by atoms with Gasteiger partial charge in [0.05, 0.1) is 24.6 Å². The zero-order valence-electron chi connectivity index (χ0n) is 10.8. The first-order valence-electron chi connectivity index (χ1n) is 5.78. The van der Waals surface area contributed by atoms with E-state index in [1.165, 1.54) is 11.3 Å². The molecular formula is C13H17NO4S. The van der Waals surface area contributed by atoms with Gasteiger partial charge in [-0.1, -0.05) is 11.8 Å². The van der Waals surface area contributed by atoms with Gasteiger partial charge >= 0.3 is 0 Å². The van der Waals surface area contributed by atoms with Crippen molar-refractivity contribution in [2.45, 2.75) is 6.54 Å². The van der Waals surface area contributed by atoms with Gasteiger partial charge in [0.1, 0.15) is 13.2 Å². The summed E-state index contributed by atoms with van der Waals surface area (Å²) in [6.45, 7) is 1.22. The van der Waals surface area contributed by atoms with Crippen molar-refractivity contribution in [3.05, 3.63) is 21.9 Å². The number of thiophene rings is 1. The van der Waals surface area contributed by atoms with E-state index >= 15 is 0 Å². The summed E-state index contributed by atoms with van der Waals surface area (Å²) in [4.78, 5) is 13.3. The molecule has 1 heterocycles. The Hall–Kier alpha value is -1.39. The van der Waals surface area contributed by atoms with Gasteiger partial charge in [0.25, 0.3) is 0 Å². The number of hydrogen-bond donors (Lipinski definition) is 2. The van der Waals surface area contributed by atoms with Gasteiger partial charge in [-0.05, 0) is 12.1 Å². The lowest BCUT2D eigenvalue weighted by molar-refractivity contribution is -0.126. The van der Waals surface area contributed by atoms with Gasteiger partial charge in [0, 0.05) is 12.0 Å². The highest BCUT2D eigenvalue weighted by atomic mass is 32.1. The highest BCUT2D eigenvalue weighted by Crippen LogP contribution is 2.14. The summed E-state index contributed by atoms with van der Waals surface area (Å²) in [7, 11) is 1.58. The van der Waals surface area contributed by atoms with E-state index in [1.54, 1.807) is 7.11 Å². The molecule has 0 radical (unpaired) electrons. The lowest BCUT2D eigenvalue weighted by Crippen LogP contribution is -2.27. The molecule has 1 aromatic rings. The quantitative estimate of drug-likeness (QED) is 0.560. The minimum Gasteiger partial charge on any atom is -0.384 e. The number of methoxy groups -OCH3 is 1. The minimum atomic E-state index is -0.160. The molecular weight excluding hydrogens is 266 g/mol. The summed E-state index contributed by atoms with van der Waals surface area (Å²) in [5, 5.41) is 11.3. The van der Waals surface area contributed by atoms with Crippen LogP contribution in [0.15, 0.2) is 12.1 Å². The van der Waals surface area contributed by atoms with Crippen LogP contribution in [0.1, 0.15) is 9.75 Å². The number of hydrogen-bond acceptors (Lipinski definition) is 5. The van der Waals surface area contributed by atoms with E-state index < -0.39 is 0 Å². The smallest absolute Gasteiger partial charge is 0.246 e. The fraction of sp³-hybridized carbons (Fsp3) is 0.462. The molecule has 0 atom stereocenters. The third-order valence-electron chi connectivity index (χ3n) is 2.08. The molecule has 1 rings (SSSR count). The Morgan fingerprint density at radius 1 is 1.47 bits per heavy atom. The van der Waals surface area contributed by atoms with Crippen molar-refractivity contribution >= 4 is 17.2 Å². The number of ether oxygens (including phenoxy) is 2. The molecule has 0 fully saturated rings. The first kappa shape index (κ1) is 15.7. The number of aliphatic hydroxyl groups is 1. The van der Waals surface area contributed by atoms with Crippen molar-refractivity contribution in [2.75, 3.05) is 33.5 Å². The van der Waals surface area contributed by atoms with Crippen LogP contribution in [0.5, 0.6) is 0 Å². The van der Waals surface area contributed by atoms with Gasteiger partial charge in [-0.3, -0.25) is 4.79 Å². The summed E-state index contributed by atoms with van der Waals surface area (Å²) >= 11 is 1.49. The average molecular weight is 283 g/mol. The van der Waals surface area contributed by atoms with E-state index in [9.17, 15) is 4.79 Å². The molecule has 5 nitrogen and oxygen atoms in total. The second-order valence-corrected chi connectivity index (χ2v) is 4.72. The molecule has 0 spiro atoms. The van der Waals surface area contributed by atoms with Crippen molar-refractivity contribution < 1.29 is 19.4 Å². The SMILES string of the molecule is COCCOCC(=O)NCc1ccc(C#CCO)s1. The molecule has 1 aromatic heterocycles. The molecule has 0 aliphatic heterocycles. The molecule has 0 aliphatic rings. The van der Waals surface area contributed by atoms with Crippen LogP contribution in [0, 0.1) is 11.8 Å². The number of nitrogens with one attached hydrogen (secondary N) is 1. The van der Waals surface area contributed by atoms with E-state index in [1.807, 2.05) is 12.1 Å². The van der Waals surface area contributed by atoms with Gasteiger partial charge in [-0.25, -0.2) is 0 Å². The van der Waals surface area contributed by atoms with Crippen LogP contribution in [0.3, 0.4) is 0 Å². The Morgan fingerprint density at radius 3 is 3.05 bits per heavy atom. The highest BCUT2D eigenvalue weighted by molar-refractivity contribution is 7.12. The third-order valence-corrected chi connectivity index (χ3v) is 3.08. The van der Waals surface area contributed by atoms with Gasteiger partial charge < -0.3 is 19.9 Å². The van der Waals surface area contributed by atoms with Crippen LogP contribution in [-0.4, -0.2) is 44.6 Å². The summed E-state index contributed by atoms with van der Waals surface area (Å²) < 4.78 is 9.90. The number of rotatable bonds is 7. The topological polar surface area (TPSA) is 67.8 Å². The number of carbonyl (C=O) groups is 1. The maximum Gasteiger partial charge on any atom is 0.246 e. The summed E-state index contributed by atoms with van der Waals surface area (Å²) in [5.41, 5.74) is 0. The fourth-order valence-electron chi connectivity index (χ4n) is 1.21. The predicted molar refractivity (Wildman–Crippen MR) is 72.8 cm³/mol. The van der Waals surface area contributed by atoms with Gasteiger partial charge in [-0.15, -0.1) is 11.3 Å². The molecule has 0 aliphatic carbocycles. The zero-order chi connectivity index (χ0) is 13.9. The summed E-state index contributed by atoms with van der Waals surface area (Å²) in [5.74, 6) is 5.24. The predicted octanol–water partition coefficient (Wildman–Crippen LogP) is 0.371. The highest BCUT2D eigenvalue weighted by Gasteiger charge is 2.03. The van der Waals surface area contributed by atoms with Crippen LogP contribution in [0.4, 0.5) is 0 Å². The summed E-state index contributed by atoms with van der Waals surface area (Å²) in [6, 6.07) is 3.77. The van der Waals surface area contributed by atoms with Gasteiger partial charge in [-0.2, -0.15) is 0 Å². The van der Waals surface area contributed by atoms with E-state index in [-0.39, 0.29) is 19.1 Å². The fourth-order valence-corrected chi connectivity index (χ4v) is 2.03. The van der Waals surface area contributed by atoms with Crippen LogP contribution >= 0.6 is 11.3 Å². The molecule has 0 saturated carbocycles. The Morgan fingerprint density at radius 2 is 2.32 bits per heavy atom. The van der Waals surface area contributed by atoms with E-state index in [4.69, 9.17) is 14.6 Å². The first-order valence-corrected chi connectivity index (χ1v) is 6.59. The lowest BCUT2D eigenvalue weighted by atomic mass is 10.4. The Kier molecular flexibility index (Phi) is 7.86. The van der Waals surface area contributed by atoms with Crippen molar-refractivity contribution in [3.63, 3.8) is 0 Å². The Labute approximate surface area is 116 Å². The van der Waals surface area contributed by atoms with E-state index in [2.05, 4.69) is 17.2 Å². The monoisotopic (exact) mass is 283 g/mol. The molecule has 0 saturated heterocycles. The van der Waals surface area contributed by atoms with Crippen molar-refractivity contribution in [1.29, 1.82) is 0 Å². The molecule has 2 N–H and O–H groups in total. The largest absolute Gasteiger partial charge is 0.384 e. The maximum atomic E-state index is 11.4. The van der Waals surface area contributed by atoms with Crippen LogP contribution in [-0.2, 0) is 20.8 Å². The molecule has 19 heavy (non-hydrogen) atoms. The minimum absolute atomic E-state index is 0.0336. The second-order valence-electron chi connectivity index (χ2n) is 3.55. The Balaban J connectivity index is 2.24. The van der Waals surface area contributed by atoms with Crippen LogP contribution < -0.4 is 5.32 Å². The van der Waals surface area contributed by atoms with Crippen LogP contribution in [0.2, 0.25) is 0 Å². The molecule has 0 unspecified atom stereocenters. The second kappa shape index (κ2) is 9.53. The molecule has 0 aromatic carbocycles. The molecule has 0 bridgehead atoms. The zero-order valence-corrected chi connectivity index (χ0v) is 11.6. The summed E-state index contributed by atoms with van der Waals surface area (Å²) in [6.07, 6.45) is 0. The van der Waals surface area contributed by atoms with Crippen molar-refractivity contribution in [2.24, 2.45) is 0 Å². The number of aliphatic hydroxyl groups excluding tert-OH is 1. The van der Waals surface area contributed by atoms with Crippen molar-refractivity contribution in [3.8, 4) is 11.8 Å². The van der Waals surface area contributed by atoms with Gasteiger partial charge in [0.15, 0.2) is 0 Å². The number of amides is 1. The average Bonchev–Trinajstić information content (AvgIpc) is 2.87. The van der Waals surface area contributed by atoms with Gasteiger partial charge in [0.2, 0.25) is 5.91 Å². The first-order chi connectivity index (χ1) is 9.26. The van der Waals surface area contributed by atoms with E-state index in [0.717, 1.165) is 9.75 Å². The van der Waals surface area contributed by atoms with E-state index in [0.29, 0.717) is 19.8 Å². The molecule has 6 heteroatoms. The number of carbonyl (C=O) groups excluding carboxylic acids is 1. The normalized spacial score (nSPS) is 9.79. The van der Waals surface area contributed by atoms with Crippen molar-refractivity contribution in [1.82, 2.24) is 5.32 Å². The lowest BCUT2D eigenvalue weighted by Gasteiger charge is -2.04. The maximum absolute atomic E-state index is 11.4. The van der Waals surface area contributed by atoms with Crippen LogP contribution in [0.25, 0.3) is 0 Å². The third kappa shape index (κ3) is 6.94. The Bertz CT molecular complexity index is 447.